The van der Waals surface area contributed by atoms with Gasteiger partial charge in [0.25, 0.3) is 0 Å². The Morgan fingerprint density at radius 2 is 1.63 bits per heavy atom. The fraction of sp³-hybridized carbons (Fsp3) is 0.750. The van der Waals surface area contributed by atoms with Gasteiger partial charge in [-0.1, -0.05) is 0 Å². The summed E-state index contributed by atoms with van der Waals surface area (Å²) in [6.07, 6.45) is -1.19. The average molecular weight is 274 g/mol. The number of hydrogen-bond donors (Lipinski definition) is 1. The molecule has 0 saturated carbocycles. The molecule has 0 rings (SSSR count). The van der Waals surface area contributed by atoms with Crippen LogP contribution in [0.1, 0.15) is 27.2 Å². The number of aliphatic carboxylic acids is 1. The van der Waals surface area contributed by atoms with Gasteiger partial charge in [0.2, 0.25) is 5.91 Å². The molecule has 110 valence electrons. The Bertz CT molecular complexity index is 360. The molecule has 0 radical (unpaired) electrons. The summed E-state index contributed by atoms with van der Waals surface area (Å²) in [5.74, 6) is -1.62. The summed E-state index contributed by atoms with van der Waals surface area (Å²) >= 11 is 0. The van der Waals surface area contributed by atoms with Crippen LogP contribution in [-0.4, -0.2) is 65.7 Å². The van der Waals surface area contributed by atoms with Crippen molar-refractivity contribution in [2.24, 2.45) is 0 Å². The van der Waals surface area contributed by atoms with E-state index in [9.17, 15) is 14.4 Å². The van der Waals surface area contributed by atoms with E-state index in [2.05, 4.69) is 0 Å². The third kappa shape index (κ3) is 6.08. The molecule has 19 heavy (non-hydrogen) atoms. The largest absolute Gasteiger partial charge is 0.481 e. The maximum Gasteiger partial charge on any atom is 0.410 e. The molecule has 1 unspecified atom stereocenters. The highest BCUT2D eigenvalue weighted by Gasteiger charge is 2.32. The molecular formula is C12H22N2O5. The quantitative estimate of drug-likeness (QED) is 0.818. The molecule has 0 fully saturated rings. The molecule has 0 aliphatic carbocycles. The van der Waals surface area contributed by atoms with Crippen LogP contribution in [0.5, 0.6) is 0 Å². The normalized spacial score (nSPS) is 12.5. The van der Waals surface area contributed by atoms with Crippen LogP contribution in [0.15, 0.2) is 0 Å². The van der Waals surface area contributed by atoms with Gasteiger partial charge in [-0.05, 0) is 20.8 Å². The third-order valence-electron chi connectivity index (χ3n) is 2.24. The van der Waals surface area contributed by atoms with Gasteiger partial charge in [0.1, 0.15) is 11.6 Å². The summed E-state index contributed by atoms with van der Waals surface area (Å²) in [5.41, 5.74) is -0.708. The second kappa shape index (κ2) is 6.40. The van der Waals surface area contributed by atoms with Gasteiger partial charge in [0.05, 0.1) is 6.42 Å². The summed E-state index contributed by atoms with van der Waals surface area (Å²) in [5, 5.41) is 8.83. The zero-order chi connectivity index (χ0) is 15.4. The van der Waals surface area contributed by atoms with Gasteiger partial charge in [0, 0.05) is 21.1 Å². The van der Waals surface area contributed by atoms with E-state index in [-0.39, 0.29) is 0 Å². The molecule has 2 amide bonds. The third-order valence-corrected chi connectivity index (χ3v) is 2.24. The van der Waals surface area contributed by atoms with Gasteiger partial charge in [-0.2, -0.15) is 0 Å². The maximum absolute atomic E-state index is 11.9. The summed E-state index contributed by atoms with van der Waals surface area (Å²) in [6.45, 7) is 5.08. The van der Waals surface area contributed by atoms with Crippen LogP contribution in [0.3, 0.4) is 0 Å². The molecule has 0 bridgehead atoms. The molecule has 0 aromatic heterocycles. The van der Waals surface area contributed by atoms with E-state index in [0.29, 0.717) is 0 Å². The van der Waals surface area contributed by atoms with Crippen LogP contribution in [0.25, 0.3) is 0 Å². The van der Waals surface area contributed by atoms with Crippen molar-refractivity contribution < 1.29 is 24.2 Å². The van der Waals surface area contributed by atoms with Gasteiger partial charge in [0.15, 0.2) is 0 Å². The van der Waals surface area contributed by atoms with Crippen LogP contribution < -0.4 is 0 Å². The van der Waals surface area contributed by atoms with Crippen molar-refractivity contribution >= 4 is 18.0 Å². The Balaban J connectivity index is 5.00. The Kier molecular flexibility index (Phi) is 5.80. The van der Waals surface area contributed by atoms with E-state index < -0.39 is 36.0 Å². The SMILES string of the molecule is CN(C)C(=O)C(CC(=O)O)N(C)C(=O)OC(C)(C)C. The summed E-state index contributed by atoms with van der Waals surface area (Å²) in [6, 6.07) is -1.08. The first-order chi connectivity index (χ1) is 8.45. The lowest BCUT2D eigenvalue weighted by Gasteiger charge is -2.30. The number of hydrogen-bond acceptors (Lipinski definition) is 4. The van der Waals surface area contributed by atoms with Crippen LogP contribution in [0.2, 0.25) is 0 Å². The molecule has 0 aliphatic heterocycles. The van der Waals surface area contributed by atoms with Crippen molar-refractivity contribution in [3.05, 3.63) is 0 Å². The van der Waals surface area contributed by atoms with Gasteiger partial charge in [-0.15, -0.1) is 0 Å². The van der Waals surface area contributed by atoms with E-state index in [1.807, 2.05) is 0 Å². The van der Waals surface area contributed by atoms with E-state index in [0.717, 1.165) is 4.90 Å². The van der Waals surface area contributed by atoms with Crippen LogP contribution in [0, 0.1) is 0 Å². The summed E-state index contributed by atoms with van der Waals surface area (Å²) in [4.78, 5) is 36.8. The second-order valence-corrected chi connectivity index (χ2v) is 5.44. The number of nitrogens with zero attached hydrogens (tertiary/aromatic N) is 2. The van der Waals surface area contributed by atoms with Crippen molar-refractivity contribution in [1.82, 2.24) is 9.80 Å². The summed E-state index contributed by atoms with van der Waals surface area (Å²) in [7, 11) is 4.35. The van der Waals surface area contributed by atoms with Crippen molar-refractivity contribution in [1.29, 1.82) is 0 Å². The van der Waals surface area contributed by atoms with E-state index in [1.54, 1.807) is 20.8 Å². The molecule has 1 N–H and O–H groups in total. The minimum absolute atomic E-state index is 0.462. The highest BCUT2D eigenvalue weighted by atomic mass is 16.6. The van der Waals surface area contributed by atoms with Crippen LogP contribution in [-0.2, 0) is 14.3 Å². The van der Waals surface area contributed by atoms with Crippen molar-refractivity contribution in [2.45, 2.75) is 38.8 Å². The Hall–Kier alpha value is -1.79. The molecule has 0 aromatic rings. The number of carbonyl (C=O) groups excluding carboxylic acids is 2. The van der Waals surface area contributed by atoms with Crippen LogP contribution in [0.4, 0.5) is 4.79 Å². The first-order valence-corrected chi connectivity index (χ1v) is 5.84. The zero-order valence-corrected chi connectivity index (χ0v) is 12.3. The first-order valence-electron chi connectivity index (χ1n) is 5.84. The van der Waals surface area contributed by atoms with Crippen LogP contribution >= 0.6 is 0 Å². The van der Waals surface area contributed by atoms with Gasteiger partial charge >= 0.3 is 12.1 Å². The molecule has 0 heterocycles. The Morgan fingerprint density at radius 1 is 1.16 bits per heavy atom. The highest BCUT2D eigenvalue weighted by Crippen LogP contribution is 2.13. The number of amides is 2. The van der Waals surface area contributed by atoms with Gasteiger partial charge in [-0.3, -0.25) is 14.5 Å². The standard InChI is InChI=1S/C12H22N2O5/c1-12(2,3)19-11(18)14(6)8(7-9(15)16)10(17)13(4)5/h8H,7H2,1-6H3,(H,15,16). The van der Waals surface area contributed by atoms with Crippen molar-refractivity contribution in [3.63, 3.8) is 0 Å². The molecular weight excluding hydrogens is 252 g/mol. The Morgan fingerprint density at radius 3 is 1.95 bits per heavy atom. The number of likely N-dealkylation sites (N-methyl/N-ethyl adjacent to an activating group) is 2. The number of rotatable bonds is 4. The lowest BCUT2D eigenvalue weighted by Crippen LogP contribution is -2.49. The smallest absolute Gasteiger partial charge is 0.410 e. The van der Waals surface area contributed by atoms with Crippen molar-refractivity contribution in [3.8, 4) is 0 Å². The number of carboxylic acids is 1. The summed E-state index contributed by atoms with van der Waals surface area (Å²) < 4.78 is 5.12. The molecule has 7 nitrogen and oxygen atoms in total. The first kappa shape index (κ1) is 17.2. The molecule has 7 heteroatoms. The topological polar surface area (TPSA) is 87.2 Å². The van der Waals surface area contributed by atoms with E-state index >= 15 is 0 Å². The number of carbonyl (C=O) groups is 3. The predicted octanol–water partition coefficient (Wildman–Crippen LogP) is 0.785. The minimum atomic E-state index is -1.16. The average Bonchev–Trinajstić information content (AvgIpc) is 2.21. The highest BCUT2D eigenvalue weighted by molar-refractivity contribution is 5.88. The maximum atomic E-state index is 11.9. The van der Waals surface area contributed by atoms with Crippen molar-refractivity contribution in [2.75, 3.05) is 21.1 Å². The number of ether oxygens (including phenoxy) is 1. The molecule has 0 aromatic carbocycles. The predicted molar refractivity (Wildman–Crippen MR) is 68.7 cm³/mol. The lowest BCUT2D eigenvalue weighted by atomic mass is 10.1. The lowest BCUT2D eigenvalue weighted by molar-refractivity contribution is -0.144. The second-order valence-electron chi connectivity index (χ2n) is 5.44. The zero-order valence-electron chi connectivity index (χ0n) is 12.3. The fourth-order valence-electron chi connectivity index (χ4n) is 1.31. The van der Waals surface area contributed by atoms with Gasteiger partial charge < -0.3 is 14.7 Å². The van der Waals surface area contributed by atoms with E-state index in [4.69, 9.17) is 9.84 Å². The molecule has 0 saturated heterocycles. The Labute approximate surface area is 113 Å². The number of carboxylic acid groups (broad SMARTS) is 1. The molecule has 0 aliphatic rings. The van der Waals surface area contributed by atoms with E-state index in [1.165, 1.54) is 26.0 Å². The minimum Gasteiger partial charge on any atom is -0.481 e. The molecule has 0 spiro atoms. The monoisotopic (exact) mass is 274 g/mol. The fourth-order valence-corrected chi connectivity index (χ4v) is 1.31. The van der Waals surface area contributed by atoms with Gasteiger partial charge in [-0.25, -0.2) is 4.79 Å². The molecule has 1 atom stereocenters.